The van der Waals surface area contributed by atoms with E-state index in [4.69, 9.17) is 4.98 Å². The Morgan fingerprint density at radius 2 is 1.66 bits per heavy atom. The zero-order valence-corrected chi connectivity index (χ0v) is 20.6. The number of nitrogens with zero attached hydrogens (tertiary/aromatic N) is 5. The van der Waals surface area contributed by atoms with Crippen molar-refractivity contribution in [3.63, 3.8) is 0 Å². The highest BCUT2D eigenvalue weighted by Gasteiger charge is 2.30. The third kappa shape index (κ3) is 4.39. The number of piperazine rings is 1. The number of alkyl halides is 3. The summed E-state index contributed by atoms with van der Waals surface area (Å²) in [6.07, 6.45) is -2.89. The average Bonchev–Trinajstić information content (AvgIpc) is 2.92. The second-order valence-corrected chi connectivity index (χ2v) is 9.52. The second-order valence-electron chi connectivity index (χ2n) is 9.52. The Balaban J connectivity index is 1.52. The van der Waals surface area contributed by atoms with Gasteiger partial charge in [0, 0.05) is 60.5 Å². The van der Waals surface area contributed by atoms with Crippen molar-refractivity contribution in [3.05, 3.63) is 94.9 Å². The first kappa shape index (κ1) is 24.1. The van der Waals surface area contributed by atoms with Gasteiger partial charge in [-0.15, -0.1) is 0 Å². The van der Waals surface area contributed by atoms with Crippen molar-refractivity contribution in [2.45, 2.75) is 6.18 Å². The summed E-state index contributed by atoms with van der Waals surface area (Å²) in [7, 11) is 2.10. The SMILES string of the molecule is CN1CCN(c2cccc(-c3ccc4ncc5ccc(=O)n(-c6cccc(C(F)(F)F)c6)c5c4c3)n2)CC1. The lowest BCUT2D eigenvalue weighted by atomic mass is 10.0. The first-order valence-corrected chi connectivity index (χ1v) is 12.3. The highest BCUT2D eigenvalue weighted by molar-refractivity contribution is 6.05. The smallest absolute Gasteiger partial charge is 0.354 e. The summed E-state index contributed by atoms with van der Waals surface area (Å²) in [5, 5.41) is 1.30. The molecule has 0 radical (unpaired) electrons. The highest BCUT2D eigenvalue weighted by Crippen LogP contribution is 2.33. The minimum atomic E-state index is -4.53. The first-order chi connectivity index (χ1) is 18.3. The molecule has 0 bridgehead atoms. The van der Waals surface area contributed by atoms with E-state index in [1.165, 1.54) is 22.8 Å². The summed E-state index contributed by atoms with van der Waals surface area (Å²) in [6, 6.07) is 19.4. The fraction of sp³-hybridized carbons (Fsp3) is 0.207. The van der Waals surface area contributed by atoms with E-state index in [1.54, 1.807) is 12.3 Å². The summed E-state index contributed by atoms with van der Waals surface area (Å²) in [6.45, 7) is 3.71. The lowest BCUT2D eigenvalue weighted by Gasteiger charge is -2.33. The second kappa shape index (κ2) is 9.25. The number of benzene rings is 2. The van der Waals surface area contributed by atoms with Crippen LogP contribution in [0.2, 0.25) is 0 Å². The molecule has 0 spiro atoms. The molecule has 0 amide bonds. The van der Waals surface area contributed by atoms with E-state index >= 15 is 0 Å². The van der Waals surface area contributed by atoms with E-state index in [0.717, 1.165) is 55.4 Å². The molecule has 5 aromatic rings. The molecule has 6 rings (SSSR count). The van der Waals surface area contributed by atoms with Gasteiger partial charge in [-0.2, -0.15) is 13.2 Å². The lowest BCUT2D eigenvalue weighted by Crippen LogP contribution is -2.44. The molecule has 0 aliphatic carbocycles. The first-order valence-electron chi connectivity index (χ1n) is 12.3. The standard InChI is InChI=1S/C29H24F3N5O/c1-35-12-14-36(15-13-35)26-7-3-6-24(34-26)19-8-10-25-23(16-19)28-20(18-33-25)9-11-27(38)37(28)22-5-2-4-21(17-22)29(30,31)32/h2-11,16-18H,12-15H2,1H3. The Labute approximate surface area is 216 Å². The van der Waals surface area contributed by atoms with Gasteiger partial charge in [0.15, 0.2) is 0 Å². The lowest BCUT2D eigenvalue weighted by molar-refractivity contribution is -0.137. The van der Waals surface area contributed by atoms with Crippen LogP contribution in [0.5, 0.6) is 0 Å². The number of fused-ring (bicyclic) bond motifs is 3. The van der Waals surface area contributed by atoms with Gasteiger partial charge in [-0.25, -0.2) is 4.98 Å². The van der Waals surface area contributed by atoms with E-state index in [9.17, 15) is 18.0 Å². The van der Waals surface area contributed by atoms with E-state index in [0.29, 0.717) is 21.8 Å². The highest BCUT2D eigenvalue weighted by atomic mass is 19.4. The summed E-state index contributed by atoms with van der Waals surface area (Å²) < 4.78 is 41.7. The minimum absolute atomic E-state index is 0.142. The largest absolute Gasteiger partial charge is 0.416 e. The van der Waals surface area contributed by atoms with Gasteiger partial charge in [-0.3, -0.25) is 14.3 Å². The van der Waals surface area contributed by atoms with Crippen molar-refractivity contribution < 1.29 is 13.2 Å². The molecular weight excluding hydrogens is 491 g/mol. The summed E-state index contributed by atoms with van der Waals surface area (Å²) in [5.74, 6) is 0.896. The number of rotatable bonds is 3. The van der Waals surface area contributed by atoms with Crippen molar-refractivity contribution in [1.82, 2.24) is 19.4 Å². The molecule has 6 nitrogen and oxygen atoms in total. The van der Waals surface area contributed by atoms with Crippen LogP contribution in [0.15, 0.2) is 83.8 Å². The maximum absolute atomic E-state index is 13.5. The maximum Gasteiger partial charge on any atom is 0.416 e. The zero-order chi connectivity index (χ0) is 26.4. The molecular formula is C29H24F3N5O. The minimum Gasteiger partial charge on any atom is -0.354 e. The van der Waals surface area contributed by atoms with Gasteiger partial charge in [-0.1, -0.05) is 18.2 Å². The molecule has 1 saturated heterocycles. The maximum atomic E-state index is 13.5. The van der Waals surface area contributed by atoms with Crippen LogP contribution in [0.1, 0.15) is 5.56 Å². The van der Waals surface area contributed by atoms with E-state index < -0.39 is 17.3 Å². The normalized spacial score (nSPS) is 14.9. The molecule has 1 aliphatic heterocycles. The molecule has 1 fully saturated rings. The molecule has 0 atom stereocenters. The van der Waals surface area contributed by atoms with Crippen molar-refractivity contribution in [2.24, 2.45) is 0 Å². The van der Waals surface area contributed by atoms with Crippen molar-refractivity contribution in [1.29, 1.82) is 0 Å². The number of halogens is 3. The molecule has 1 aliphatic rings. The van der Waals surface area contributed by atoms with E-state index in [2.05, 4.69) is 21.8 Å². The Morgan fingerprint density at radius 1 is 0.868 bits per heavy atom. The molecule has 3 aromatic heterocycles. The fourth-order valence-corrected chi connectivity index (χ4v) is 4.94. The van der Waals surface area contributed by atoms with Gasteiger partial charge in [0.2, 0.25) is 0 Å². The summed E-state index contributed by atoms with van der Waals surface area (Å²) >= 11 is 0. The Hall–Kier alpha value is -4.24. The van der Waals surface area contributed by atoms with Gasteiger partial charge >= 0.3 is 6.18 Å². The van der Waals surface area contributed by atoms with Gasteiger partial charge in [0.05, 0.1) is 22.3 Å². The van der Waals surface area contributed by atoms with Gasteiger partial charge in [0.25, 0.3) is 5.56 Å². The topological polar surface area (TPSA) is 54.3 Å². The summed E-state index contributed by atoms with van der Waals surface area (Å²) in [4.78, 5) is 27.1. The fourth-order valence-electron chi connectivity index (χ4n) is 4.94. The molecule has 9 heteroatoms. The third-order valence-corrected chi connectivity index (χ3v) is 7.01. The van der Waals surface area contributed by atoms with Crippen LogP contribution in [0, 0.1) is 0 Å². The third-order valence-electron chi connectivity index (χ3n) is 7.01. The number of aromatic nitrogens is 3. The average molecular weight is 516 g/mol. The van der Waals surface area contributed by atoms with Crippen molar-refractivity contribution in [2.75, 3.05) is 38.1 Å². The number of pyridine rings is 3. The van der Waals surface area contributed by atoms with Crippen LogP contribution >= 0.6 is 0 Å². The Morgan fingerprint density at radius 3 is 2.45 bits per heavy atom. The van der Waals surface area contributed by atoms with E-state index in [1.807, 2.05) is 36.4 Å². The van der Waals surface area contributed by atoms with E-state index in [-0.39, 0.29) is 5.69 Å². The predicted octanol–water partition coefficient (Wildman–Crippen LogP) is 5.37. The molecule has 2 aromatic carbocycles. The number of hydrogen-bond donors (Lipinski definition) is 0. The summed E-state index contributed by atoms with van der Waals surface area (Å²) in [5.41, 5.74) is 1.62. The Kier molecular flexibility index (Phi) is 5.87. The van der Waals surface area contributed by atoms with Crippen LogP contribution in [0.4, 0.5) is 19.0 Å². The zero-order valence-electron chi connectivity index (χ0n) is 20.6. The predicted molar refractivity (Wildman–Crippen MR) is 143 cm³/mol. The molecule has 38 heavy (non-hydrogen) atoms. The van der Waals surface area contributed by atoms with Crippen LogP contribution in [-0.4, -0.2) is 52.7 Å². The number of anilines is 1. The molecule has 0 unspecified atom stereocenters. The Bertz CT molecular complexity index is 1720. The van der Waals surface area contributed by atoms with Crippen molar-refractivity contribution >= 4 is 27.6 Å². The quantitative estimate of drug-likeness (QED) is 0.303. The molecule has 0 N–H and O–H groups in total. The molecule has 4 heterocycles. The van der Waals surface area contributed by atoms with Gasteiger partial charge in [0.1, 0.15) is 5.82 Å². The van der Waals surface area contributed by atoms with Gasteiger partial charge < -0.3 is 9.80 Å². The van der Waals surface area contributed by atoms with Crippen LogP contribution in [-0.2, 0) is 6.18 Å². The van der Waals surface area contributed by atoms with Gasteiger partial charge in [-0.05, 0) is 55.6 Å². The van der Waals surface area contributed by atoms with Crippen LogP contribution in [0.25, 0.3) is 38.8 Å². The monoisotopic (exact) mass is 515 g/mol. The number of likely N-dealkylation sites (N-methyl/N-ethyl adjacent to an activating group) is 1. The molecule has 0 saturated carbocycles. The van der Waals surface area contributed by atoms with Crippen molar-refractivity contribution in [3.8, 4) is 16.9 Å². The van der Waals surface area contributed by atoms with Crippen LogP contribution in [0.3, 0.4) is 0 Å². The van der Waals surface area contributed by atoms with Crippen LogP contribution < -0.4 is 10.5 Å². The number of hydrogen-bond acceptors (Lipinski definition) is 5. The molecule has 192 valence electrons.